The van der Waals surface area contributed by atoms with Crippen molar-refractivity contribution in [1.82, 2.24) is 4.31 Å². The van der Waals surface area contributed by atoms with Gasteiger partial charge in [0.25, 0.3) is 0 Å². The number of rotatable bonds is 9. The predicted molar refractivity (Wildman–Crippen MR) is 116 cm³/mol. The maximum Gasteiger partial charge on any atom is 0.243 e. The third-order valence-electron chi connectivity index (χ3n) is 4.45. The Morgan fingerprint density at radius 1 is 1.07 bits per heavy atom. The normalized spacial score (nSPS) is 13.5. The van der Waals surface area contributed by atoms with E-state index in [9.17, 15) is 13.5 Å². The molecular formula is C22H28ClNO3S. The van der Waals surface area contributed by atoms with E-state index in [0.717, 1.165) is 5.56 Å². The fourth-order valence-corrected chi connectivity index (χ4v) is 4.69. The Kier molecular flexibility index (Phi) is 8.25. The molecule has 0 amide bonds. The van der Waals surface area contributed by atoms with Crippen LogP contribution in [0.1, 0.15) is 31.4 Å². The van der Waals surface area contributed by atoms with Crippen LogP contribution >= 0.6 is 11.6 Å². The molecule has 6 heteroatoms. The predicted octanol–water partition coefficient (Wildman–Crippen LogP) is 4.76. The zero-order valence-corrected chi connectivity index (χ0v) is 18.1. The molecule has 0 saturated heterocycles. The first kappa shape index (κ1) is 22.6. The lowest BCUT2D eigenvalue weighted by molar-refractivity contribution is 0.175. The lowest BCUT2D eigenvalue weighted by Crippen LogP contribution is -2.43. The zero-order chi connectivity index (χ0) is 20.7. The number of hydrogen-bond donors (Lipinski definition) is 1. The van der Waals surface area contributed by atoms with Crippen LogP contribution in [-0.2, 0) is 10.0 Å². The Balaban J connectivity index is 2.32. The first-order valence-corrected chi connectivity index (χ1v) is 11.2. The van der Waals surface area contributed by atoms with Crippen molar-refractivity contribution in [1.29, 1.82) is 0 Å². The van der Waals surface area contributed by atoms with E-state index >= 15 is 0 Å². The summed E-state index contributed by atoms with van der Waals surface area (Å²) in [6.45, 7) is 5.99. The number of aryl methyl sites for hydroxylation is 1. The number of aliphatic hydroxyl groups is 1. The summed E-state index contributed by atoms with van der Waals surface area (Å²) >= 11 is 5.90. The van der Waals surface area contributed by atoms with Crippen LogP contribution in [0.4, 0.5) is 0 Å². The second kappa shape index (κ2) is 10.2. The monoisotopic (exact) mass is 421 g/mol. The van der Waals surface area contributed by atoms with Gasteiger partial charge in [-0.05, 0) is 49.1 Å². The van der Waals surface area contributed by atoms with E-state index < -0.39 is 16.1 Å². The first-order chi connectivity index (χ1) is 13.2. The van der Waals surface area contributed by atoms with Crippen molar-refractivity contribution in [3.05, 3.63) is 70.8 Å². The highest BCUT2D eigenvalue weighted by molar-refractivity contribution is 7.89. The van der Waals surface area contributed by atoms with Gasteiger partial charge in [0.15, 0.2) is 0 Å². The molecule has 0 fully saturated rings. The highest BCUT2D eigenvalue weighted by Gasteiger charge is 2.30. The Morgan fingerprint density at radius 2 is 1.68 bits per heavy atom. The molecule has 152 valence electrons. The summed E-state index contributed by atoms with van der Waals surface area (Å²) in [7, 11) is -3.77. The molecule has 0 radical (unpaired) electrons. The minimum absolute atomic E-state index is 0.169. The van der Waals surface area contributed by atoms with Crippen LogP contribution in [0.2, 0.25) is 5.02 Å². The fourth-order valence-electron chi connectivity index (χ4n) is 2.98. The highest BCUT2D eigenvalue weighted by atomic mass is 35.5. The van der Waals surface area contributed by atoms with Gasteiger partial charge < -0.3 is 5.11 Å². The van der Waals surface area contributed by atoms with Crippen molar-refractivity contribution >= 4 is 27.7 Å². The molecular weight excluding hydrogens is 394 g/mol. The Bertz CT molecular complexity index is 875. The minimum Gasteiger partial charge on any atom is -0.395 e. The quantitative estimate of drug-likeness (QED) is 0.635. The number of aliphatic hydroxyl groups excluding tert-OH is 1. The van der Waals surface area contributed by atoms with Crippen molar-refractivity contribution in [2.24, 2.45) is 5.92 Å². The number of benzene rings is 2. The van der Waals surface area contributed by atoms with Gasteiger partial charge in [-0.25, -0.2) is 8.42 Å². The topological polar surface area (TPSA) is 57.6 Å². The van der Waals surface area contributed by atoms with E-state index in [-0.39, 0.29) is 24.0 Å². The number of hydrogen-bond acceptors (Lipinski definition) is 3. The second-order valence-corrected chi connectivity index (χ2v) is 9.63. The molecule has 28 heavy (non-hydrogen) atoms. The van der Waals surface area contributed by atoms with E-state index in [4.69, 9.17) is 11.6 Å². The summed E-state index contributed by atoms with van der Waals surface area (Å²) in [6, 6.07) is 13.6. The maximum absolute atomic E-state index is 13.3. The van der Waals surface area contributed by atoms with Crippen LogP contribution in [0.3, 0.4) is 0 Å². The Hall–Kier alpha value is -1.66. The Morgan fingerprint density at radius 3 is 2.21 bits per heavy atom. The van der Waals surface area contributed by atoms with Gasteiger partial charge in [-0.2, -0.15) is 4.31 Å². The summed E-state index contributed by atoms with van der Waals surface area (Å²) in [5.41, 5.74) is 2.17. The van der Waals surface area contributed by atoms with Gasteiger partial charge in [0, 0.05) is 17.6 Å². The molecule has 2 aromatic carbocycles. The molecule has 0 aromatic heterocycles. The molecule has 0 aliphatic heterocycles. The molecule has 2 rings (SSSR count). The third kappa shape index (κ3) is 6.17. The van der Waals surface area contributed by atoms with E-state index in [0.29, 0.717) is 11.4 Å². The summed E-state index contributed by atoms with van der Waals surface area (Å²) in [4.78, 5) is 0.169. The third-order valence-corrected chi connectivity index (χ3v) is 6.64. The zero-order valence-electron chi connectivity index (χ0n) is 16.5. The molecule has 0 heterocycles. The maximum atomic E-state index is 13.3. The molecule has 0 aliphatic carbocycles. The van der Waals surface area contributed by atoms with Crippen LogP contribution in [0, 0.1) is 12.8 Å². The van der Waals surface area contributed by atoms with Crippen molar-refractivity contribution in [3.8, 4) is 0 Å². The lowest BCUT2D eigenvalue weighted by atomic mass is 10.0. The lowest BCUT2D eigenvalue weighted by Gasteiger charge is -2.30. The van der Waals surface area contributed by atoms with E-state index in [1.807, 2.05) is 57.2 Å². The molecule has 4 nitrogen and oxygen atoms in total. The Labute approximate surface area is 173 Å². The molecule has 2 aromatic rings. The molecule has 0 bridgehead atoms. The van der Waals surface area contributed by atoms with Crippen LogP contribution in [0.5, 0.6) is 0 Å². The first-order valence-electron chi connectivity index (χ1n) is 9.35. The van der Waals surface area contributed by atoms with Gasteiger partial charge in [-0.15, -0.1) is 0 Å². The molecule has 1 atom stereocenters. The van der Waals surface area contributed by atoms with Crippen molar-refractivity contribution in [2.75, 3.05) is 13.2 Å². The van der Waals surface area contributed by atoms with Gasteiger partial charge in [0.1, 0.15) is 0 Å². The SMILES string of the molecule is Cc1ccc(/C=C/CN(C(CO)CC(C)C)S(=O)(=O)c2ccc(Cl)cc2)cc1. The van der Waals surface area contributed by atoms with E-state index in [1.165, 1.54) is 22.0 Å². The number of nitrogens with zero attached hydrogens (tertiary/aromatic N) is 1. The largest absolute Gasteiger partial charge is 0.395 e. The smallest absolute Gasteiger partial charge is 0.243 e. The second-order valence-electron chi connectivity index (χ2n) is 7.31. The number of sulfonamides is 1. The van der Waals surface area contributed by atoms with Crippen molar-refractivity contribution in [3.63, 3.8) is 0 Å². The van der Waals surface area contributed by atoms with Crippen LogP contribution in [0.25, 0.3) is 6.08 Å². The van der Waals surface area contributed by atoms with Crippen LogP contribution < -0.4 is 0 Å². The summed E-state index contributed by atoms with van der Waals surface area (Å²) in [5.74, 6) is 0.251. The van der Waals surface area contributed by atoms with Gasteiger partial charge in [0.2, 0.25) is 10.0 Å². The summed E-state index contributed by atoms with van der Waals surface area (Å²) in [5, 5.41) is 10.4. The average molecular weight is 422 g/mol. The highest BCUT2D eigenvalue weighted by Crippen LogP contribution is 2.23. The summed E-state index contributed by atoms with van der Waals surface area (Å²) < 4.78 is 27.9. The number of halogens is 1. The molecule has 0 aliphatic rings. The standard InChI is InChI=1S/C22H28ClNO3S/c1-17(2)15-21(16-25)24(14-4-5-19-8-6-18(3)7-9-19)28(26,27)22-12-10-20(23)11-13-22/h4-13,17,21,25H,14-16H2,1-3H3/b5-4+. The van der Waals surface area contributed by atoms with Crippen molar-refractivity contribution < 1.29 is 13.5 Å². The molecule has 1 N–H and O–H groups in total. The van der Waals surface area contributed by atoms with Gasteiger partial charge in [0.05, 0.1) is 11.5 Å². The van der Waals surface area contributed by atoms with Gasteiger partial charge in [-0.3, -0.25) is 0 Å². The van der Waals surface area contributed by atoms with Crippen LogP contribution in [-0.4, -0.2) is 37.0 Å². The fraction of sp³-hybridized carbons (Fsp3) is 0.364. The van der Waals surface area contributed by atoms with Gasteiger partial charge >= 0.3 is 0 Å². The minimum atomic E-state index is -3.77. The van der Waals surface area contributed by atoms with E-state index in [1.54, 1.807) is 12.1 Å². The molecule has 0 saturated carbocycles. The molecule has 1 unspecified atom stereocenters. The average Bonchev–Trinajstić information content (AvgIpc) is 2.65. The van der Waals surface area contributed by atoms with Crippen molar-refractivity contribution in [2.45, 2.75) is 38.1 Å². The van der Waals surface area contributed by atoms with Crippen LogP contribution in [0.15, 0.2) is 59.5 Å². The van der Waals surface area contributed by atoms with Gasteiger partial charge in [-0.1, -0.05) is 67.4 Å². The summed E-state index contributed by atoms with van der Waals surface area (Å²) in [6.07, 6.45) is 4.29. The van der Waals surface area contributed by atoms with E-state index in [2.05, 4.69) is 0 Å². The molecule has 0 spiro atoms.